The first-order valence-electron chi connectivity index (χ1n) is 7.22. The summed E-state index contributed by atoms with van der Waals surface area (Å²) in [6, 6.07) is 7.85. The predicted octanol–water partition coefficient (Wildman–Crippen LogP) is 3.67. The summed E-state index contributed by atoms with van der Waals surface area (Å²) in [6.07, 6.45) is 2.17. The van der Waals surface area contributed by atoms with Crippen molar-refractivity contribution in [1.82, 2.24) is 5.32 Å². The van der Waals surface area contributed by atoms with E-state index in [9.17, 15) is 4.79 Å². The van der Waals surface area contributed by atoms with Gasteiger partial charge in [-0.15, -0.1) is 0 Å². The highest BCUT2D eigenvalue weighted by atomic mass is 16.1. The summed E-state index contributed by atoms with van der Waals surface area (Å²) < 4.78 is 0. The third-order valence-electron chi connectivity index (χ3n) is 3.37. The van der Waals surface area contributed by atoms with Gasteiger partial charge in [0, 0.05) is 18.3 Å². The Morgan fingerprint density at radius 3 is 2.53 bits per heavy atom. The zero-order valence-electron chi connectivity index (χ0n) is 12.5. The molecule has 0 aromatic heterocycles. The molecule has 0 aliphatic carbocycles. The number of hydrogen-bond acceptors (Lipinski definition) is 2. The Bertz CT molecular complexity index is 403. The summed E-state index contributed by atoms with van der Waals surface area (Å²) >= 11 is 0. The molecular formula is C16H26N2O. The van der Waals surface area contributed by atoms with Crippen molar-refractivity contribution < 1.29 is 4.79 Å². The third-order valence-corrected chi connectivity index (χ3v) is 3.37. The Kier molecular flexibility index (Phi) is 6.40. The molecule has 0 heterocycles. The normalized spacial score (nSPS) is 13.7. The number of benzene rings is 1. The van der Waals surface area contributed by atoms with Gasteiger partial charge in [-0.3, -0.25) is 4.79 Å². The predicted molar refractivity (Wildman–Crippen MR) is 81.6 cm³/mol. The minimum Gasteiger partial charge on any atom is -0.385 e. The van der Waals surface area contributed by atoms with E-state index in [1.807, 2.05) is 31.2 Å². The smallest absolute Gasteiger partial charge is 0.253 e. The van der Waals surface area contributed by atoms with Crippen molar-refractivity contribution in [1.29, 1.82) is 0 Å². The highest BCUT2D eigenvalue weighted by Gasteiger charge is 2.14. The van der Waals surface area contributed by atoms with Crippen LogP contribution in [0, 0.1) is 5.92 Å². The van der Waals surface area contributed by atoms with Crippen LogP contribution in [0.25, 0.3) is 0 Å². The fraction of sp³-hybridized carbons (Fsp3) is 0.562. The van der Waals surface area contributed by atoms with Gasteiger partial charge in [0.1, 0.15) is 0 Å². The molecule has 19 heavy (non-hydrogen) atoms. The molecule has 106 valence electrons. The summed E-state index contributed by atoms with van der Waals surface area (Å²) in [5.74, 6) is 0.645. The van der Waals surface area contributed by atoms with E-state index in [0.29, 0.717) is 5.92 Å². The first-order valence-corrected chi connectivity index (χ1v) is 7.22. The number of carbonyl (C=O) groups is 1. The van der Waals surface area contributed by atoms with Crippen molar-refractivity contribution in [3.63, 3.8) is 0 Å². The molecule has 0 fully saturated rings. The molecule has 1 amide bonds. The zero-order chi connectivity index (χ0) is 14.3. The second-order valence-corrected chi connectivity index (χ2v) is 5.20. The average molecular weight is 262 g/mol. The molecule has 2 unspecified atom stereocenters. The van der Waals surface area contributed by atoms with Crippen LogP contribution in [0.5, 0.6) is 0 Å². The van der Waals surface area contributed by atoms with Crippen LogP contribution in [0.3, 0.4) is 0 Å². The number of rotatable bonds is 7. The molecule has 0 aliphatic rings. The number of carbonyl (C=O) groups excluding carboxylic acids is 1. The number of anilines is 1. The van der Waals surface area contributed by atoms with Crippen molar-refractivity contribution in [3.8, 4) is 0 Å². The van der Waals surface area contributed by atoms with Gasteiger partial charge in [-0.1, -0.05) is 32.4 Å². The second-order valence-electron chi connectivity index (χ2n) is 5.20. The van der Waals surface area contributed by atoms with Crippen molar-refractivity contribution >= 4 is 11.6 Å². The van der Waals surface area contributed by atoms with Crippen LogP contribution in [-0.4, -0.2) is 18.5 Å². The van der Waals surface area contributed by atoms with Crippen LogP contribution >= 0.6 is 0 Å². The van der Waals surface area contributed by atoms with Gasteiger partial charge in [0.05, 0.1) is 5.56 Å². The summed E-state index contributed by atoms with van der Waals surface area (Å²) in [5.41, 5.74) is 1.62. The largest absolute Gasteiger partial charge is 0.385 e. The summed E-state index contributed by atoms with van der Waals surface area (Å²) in [4.78, 5) is 12.3. The summed E-state index contributed by atoms with van der Waals surface area (Å²) in [6.45, 7) is 9.31. The van der Waals surface area contributed by atoms with Crippen molar-refractivity contribution in [2.45, 2.75) is 46.6 Å². The minimum absolute atomic E-state index is 0.00681. The summed E-state index contributed by atoms with van der Waals surface area (Å²) in [5, 5.41) is 6.30. The van der Waals surface area contributed by atoms with E-state index in [1.165, 1.54) is 0 Å². The molecule has 0 aliphatic heterocycles. The Morgan fingerprint density at radius 1 is 1.21 bits per heavy atom. The average Bonchev–Trinajstić information content (AvgIpc) is 2.39. The van der Waals surface area contributed by atoms with Gasteiger partial charge < -0.3 is 10.6 Å². The molecule has 0 radical (unpaired) electrons. The molecular weight excluding hydrogens is 236 g/mol. The molecule has 3 nitrogen and oxygen atoms in total. The molecule has 0 spiro atoms. The minimum atomic E-state index is 0.00681. The molecule has 1 rings (SSSR count). The monoisotopic (exact) mass is 262 g/mol. The van der Waals surface area contributed by atoms with Gasteiger partial charge in [-0.05, 0) is 38.3 Å². The van der Waals surface area contributed by atoms with Crippen LogP contribution in [0.15, 0.2) is 24.3 Å². The lowest BCUT2D eigenvalue weighted by Crippen LogP contribution is -2.34. The SMILES string of the molecule is CCNc1ccccc1C(=O)NC(C)CC(C)CC. The van der Waals surface area contributed by atoms with E-state index < -0.39 is 0 Å². The second kappa shape index (κ2) is 7.82. The standard InChI is InChI=1S/C16H26N2O/c1-5-12(3)11-13(4)18-16(19)14-9-7-8-10-15(14)17-6-2/h7-10,12-13,17H,5-6,11H2,1-4H3,(H,18,19). The van der Waals surface area contributed by atoms with Crippen LogP contribution in [-0.2, 0) is 0 Å². The maximum Gasteiger partial charge on any atom is 0.253 e. The molecule has 3 heteroatoms. The van der Waals surface area contributed by atoms with Gasteiger partial charge in [0.25, 0.3) is 5.91 Å². The third kappa shape index (κ3) is 4.93. The Hall–Kier alpha value is -1.51. The molecule has 2 N–H and O–H groups in total. The van der Waals surface area contributed by atoms with E-state index in [-0.39, 0.29) is 11.9 Å². The Labute approximate surface area is 116 Å². The molecule has 1 aromatic carbocycles. The van der Waals surface area contributed by atoms with Crippen molar-refractivity contribution in [2.75, 3.05) is 11.9 Å². The number of hydrogen-bond donors (Lipinski definition) is 2. The number of amides is 1. The van der Waals surface area contributed by atoms with E-state index >= 15 is 0 Å². The Balaban J connectivity index is 2.67. The van der Waals surface area contributed by atoms with Gasteiger partial charge in [-0.2, -0.15) is 0 Å². The highest BCUT2D eigenvalue weighted by Crippen LogP contribution is 2.16. The highest BCUT2D eigenvalue weighted by molar-refractivity contribution is 5.99. The molecule has 0 bridgehead atoms. The molecule has 2 atom stereocenters. The molecule has 0 saturated heterocycles. The van der Waals surface area contributed by atoms with E-state index in [2.05, 4.69) is 31.4 Å². The number of para-hydroxylation sites is 1. The first-order chi connectivity index (χ1) is 9.08. The fourth-order valence-corrected chi connectivity index (χ4v) is 2.16. The van der Waals surface area contributed by atoms with Gasteiger partial charge in [-0.25, -0.2) is 0 Å². The number of nitrogens with one attached hydrogen (secondary N) is 2. The van der Waals surface area contributed by atoms with E-state index in [4.69, 9.17) is 0 Å². The quantitative estimate of drug-likeness (QED) is 0.787. The van der Waals surface area contributed by atoms with E-state index in [1.54, 1.807) is 0 Å². The topological polar surface area (TPSA) is 41.1 Å². The fourth-order valence-electron chi connectivity index (χ4n) is 2.16. The summed E-state index contributed by atoms with van der Waals surface area (Å²) in [7, 11) is 0. The van der Waals surface area contributed by atoms with E-state index in [0.717, 1.165) is 30.6 Å². The van der Waals surface area contributed by atoms with Crippen molar-refractivity contribution in [2.24, 2.45) is 5.92 Å². The molecule has 0 saturated carbocycles. The van der Waals surface area contributed by atoms with Crippen LogP contribution in [0.1, 0.15) is 50.9 Å². The van der Waals surface area contributed by atoms with Crippen LogP contribution in [0.2, 0.25) is 0 Å². The first kappa shape index (κ1) is 15.5. The van der Waals surface area contributed by atoms with Crippen molar-refractivity contribution in [3.05, 3.63) is 29.8 Å². The van der Waals surface area contributed by atoms with Gasteiger partial charge in [0.15, 0.2) is 0 Å². The zero-order valence-corrected chi connectivity index (χ0v) is 12.5. The maximum absolute atomic E-state index is 12.3. The maximum atomic E-state index is 12.3. The van der Waals surface area contributed by atoms with Crippen LogP contribution in [0.4, 0.5) is 5.69 Å². The van der Waals surface area contributed by atoms with Gasteiger partial charge in [0.2, 0.25) is 0 Å². The lowest BCUT2D eigenvalue weighted by Gasteiger charge is -2.18. The lowest BCUT2D eigenvalue weighted by atomic mass is 10.00. The van der Waals surface area contributed by atoms with Crippen LogP contribution < -0.4 is 10.6 Å². The molecule has 1 aromatic rings. The van der Waals surface area contributed by atoms with Gasteiger partial charge >= 0.3 is 0 Å². The Morgan fingerprint density at radius 2 is 1.89 bits per heavy atom. The lowest BCUT2D eigenvalue weighted by molar-refractivity contribution is 0.0936.